The third kappa shape index (κ3) is 3.22. The predicted molar refractivity (Wildman–Crippen MR) is 45.7 cm³/mol. The van der Waals surface area contributed by atoms with Crippen LogP contribution in [0.2, 0.25) is 0 Å². The smallest absolute Gasteiger partial charge is 0.269 e. The summed E-state index contributed by atoms with van der Waals surface area (Å²) in [5.74, 6) is -0.846. The quantitative estimate of drug-likeness (QED) is 0.619. The fourth-order valence-corrected chi connectivity index (χ4v) is 1.90. The topological polar surface area (TPSA) is 61.8 Å². The summed E-state index contributed by atoms with van der Waals surface area (Å²) in [5.41, 5.74) is 0. The van der Waals surface area contributed by atoms with Gasteiger partial charge in [-0.1, -0.05) is 0 Å². The minimum atomic E-state index is -3.46. The molecule has 1 rings (SSSR count). The van der Waals surface area contributed by atoms with Crippen molar-refractivity contribution in [1.29, 1.82) is 0 Å². The van der Waals surface area contributed by atoms with Crippen LogP contribution in [0.15, 0.2) is 0 Å². The van der Waals surface area contributed by atoms with Crippen LogP contribution >= 0.6 is 0 Å². The molecule has 0 aliphatic carbocycles. The maximum absolute atomic E-state index is 11.0. The molecule has 0 bridgehead atoms. The molecule has 0 unspecified atom stereocenters. The Morgan fingerprint density at radius 3 is 2.54 bits per heavy atom. The highest BCUT2D eigenvalue weighted by Crippen LogP contribution is 2.23. The normalized spacial score (nSPS) is 27.8. The Hall–Kier alpha value is -0.170. The summed E-state index contributed by atoms with van der Waals surface area (Å²) in [7, 11) is -2.32. The van der Waals surface area contributed by atoms with Crippen LogP contribution in [-0.2, 0) is 23.8 Å². The molecule has 0 amide bonds. The average Bonchev–Trinajstić information content (AvgIpc) is 2.29. The Kier molecular flexibility index (Phi) is 2.96. The van der Waals surface area contributed by atoms with E-state index < -0.39 is 22.0 Å². The van der Waals surface area contributed by atoms with Gasteiger partial charge in [-0.2, -0.15) is 8.42 Å². The molecule has 0 aromatic heterocycles. The molecule has 78 valence electrons. The summed E-state index contributed by atoms with van der Waals surface area (Å²) in [5, 5.41) is 0. The molecule has 0 aromatic carbocycles. The van der Waals surface area contributed by atoms with E-state index in [1.807, 2.05) is 0 Å². The van der Waals surface area contributed by atoms with E-state index in [-0.39, 0.29) is 12.4 Å². The lowest BCUT2D eigenvalue weighted by Gasteiger charge is -2.16. The summed E-state index contributed by atoms with van der Waals surface area (Å²) < 4.78 is 36.8. The van der Waals surface area contributed by atoms with Crippen molar-refractivity contribution < 1.29 is 22.1 Å². The van der Waals surface area contributed by atoms with Gasteiger partial charge in [0.15, 0.2) is 5.79 Å². The zero-order chi connectivity index (χ0) is 10.1. The van der Waals surface area contributed by atoms with E-state index in [1.54, 1.807) is 13.8 Å². The van der Waals surface area contributed by atoms with Crippen LogP contribution in [0, 0.1) is 0 Å². The molecule has 0 aromatic rings. The molecule has 1 heterocycles. The second kappa shape index (κ2) is 3.53. The van der Waals surface area contributed by atoms with Crippen LogP contribution in [0.3, 0.4) is 0 Å². The number of rotatable bonds is 3. The van der Waals surface area contributed by atoms with Crippen LogP contribution in [-0.4, -0.2) is 39.8 Å². The first-order valence-corrected chi connectivity index (χ1v) is 5.52. The number of ether oxygens (including phenoxy) is 2. The summed E-state index contributed by atoms with van der Waals surface area (Å²) in [6, 6.07) is 0. The molecule has 0 N–H and O–H groups in total. The highest BCUT2D eigenvalue weighted by Gasteiger charge is 2.35. The van der Waals surface area contributed by atoms with E-state index in [0.29, 0.717) is 0 Å². The zero-order valence-corrected chi connectivity index (χ0v) is 8.76. The largest absolute Gasteiger partial charge is 0.348 e. The Morgan fingerprint density at radius 2 is 2.15 bits per heavy atom. The monoisotopic (exact) mass is 210 g/mol. The standard InChI is InChI=1S/C7H14O5S/c1-7(2)11-4-6(12-7)5-13(8,9)10-3/h6H,4-5H2,1-3H3/t6-/m1/s1. The third-order valence-electron chi connectivity index (χ3n) is 1.71. The molecule has 1 aliphatic heterocycles. The van der Waals surface area contributed by atoms with E-state index in [1.165, 1.54) is 0 Å². The average molecular weight is 210 g/mol. The number of hydrogen-bond donors (Lipinski definition) is 0. The molecule has 0 spiro atoms. The van der Waals surface area contributed by atoms with Gasteiger partial charge in [-0.15, -0.1) is 0 Å². The molecule has 6 heteroatoms. The third-order valence-corrected chi connectivity index (χ3v) is 3.00. The van der Waals surface area contributed by atoms with Crippen molar-refractivity contribution in [2.75, 3.05) is 19.5 Å². The van der Waals surface area contributed by atoms with Crippen molar-refractivity contribution in [1.82, 2.24) is 0 Å². The van der Waals surface area contributed by atoms with Gasteiger partial charge < -0.3 is 9.47 Å². The molecule has 0 saturated carbocycles. The summed E-state index contributed by atoms with van der Waals surface area (Å²) in [4.78, 5) is 0. The van der Waals surface area contributed by atoms with Crippen molar-refractivity contribution in [2.24, 2.45) is 0 Å². The lowest BCUT2D eigenvalue weighted by molar-refractivity contribution is -0.135. The van der Waals surface area contributed by atoms with Crippen molar-refractivity contribution in [2.45, 2.75) is 25.7 Å². The van der Waals surface area contributed by atoms with Gasteiger partial charge in [-0.05, 0) is 13.8 Å². The second-order valence-corrected chi connectivity index (χ2v) is 5.12. The van der Waals surface area contributed by atoms with Gasteiger partial charge in [0, 0.05) is 0 Å². The summed E-state index contributed by atoms with van der Waals surface area (Å²) >= 11 is 0. The number of hydrogen-bond acceptors (Lipinski definition) is 5. The van der Waals surface area contributed by atoms with E-state index in [0.717, 1.165) is 7.11 Å². The van der Waals surface area contributed by atoms with Gasteiger partial charge in [0.2, 0.25) is 0 Å². The first kappa shape index (κ1) is 10.9. The molecular weight excluding hydrogens is 196 g/mol. The zero-order valence-electron chi connectivity index (χ0n) is 7.94. The van der Waals surface area contributed by atoms with Crippen LogP contribution in [0.4, 0.5) is 0 Å². The minimum Gasteiger partial charge on any atom is -0.348 e. The molecule has 5 nitrogen and oxygen atoms in total. The van der Waals surface area contributed by atoms with Gasteiger partial charge in [0.25, 0.3) is 10.1 Å². The van der Waals surface area contributed by atoms with Crippen LogP contribution < -0.4 is 0 Å². The fraction of sp³-hybridized carbons (Fsp3) is 1.00. The summed E-state index contributed by atoms with van der Waals surface area (Å²) in [6.07, 6.45) is -0.431. The van der Waals surface area contributed by atoms with Gasteiger partial charge in [-0.3, -0.25) is 4.18 Å². The van der Waals surface area contributed by atoms with Crippen molar-refractivity contribution >= 4 is 10.1 Å². The predicted octanol–water partition coefficient (Wildman–Crippen LogP) is 0.114. The lowest BCUT2D eigenvalue weighted by atomic mass is 10.4. The van der Waals surface area contributed by atoms with Gasteiger partial charge in [0.1, 0.15) is 11.9 Å². The molecule has 1 fully saturated rings. The summed E-state index contributed by atoms with van der Waals surface area (Å²) in [6.45, 7) is 3.77. The molecule has 1 aliphatic rings. The van der Waals surface area contributed by atoms with Crippen LogP contribution in [0.1, 0.15) is 13.8 Å². The van der Waals surface area contributed by atoms with Crippen molar-refractivity contribution in [3.63, 3.8) is 0 Å². The first-order chi connectivity index (χ1) is 5.85. The van der Waals surface area contributed by atoms with Crippen LogP contribution in [0.25, 0.3) is 0 Å². The Morgan fingerprint density at radius 1 is 1.54 bits per heavy atom. The van der Waals surface area contributed by atoms with E-state index >= 15 is 0 Å². The maximum atomic E-state index is 11.0. The Labute approximate surface area is 78.1 Å². The van der Waals surface area contributed by atoms with Crippen LogP contribution in [0.5, 0.6) is 0 Å². The maximum Gasteiger partial charge on any atom is 0.269 e. The Balaban J connectivity index is 2.50. The van der Waals surface area contributed by atoms with Gasteiger partial charge in [-0.25, -0.2) is 0 Å². The molecule has 13 heavy (non-hydrogen) atoms. The minimum absolute atomic E-state index is 0.160. The van der Waals surface area contributed by atoms with E-state index in [9.17, 15) is 8.42 Å². The van der Waals surface area contributed by atoms with Gasteiger partial charge >= 0.3 is 0 Å². The second-order valence-electron chi connectivity index (χ2n) is 3.34. The fourth-order valence-electron chi connectivity index (χ4n) is 1.14. The lowest BCUT2D eigenvalue weighted by Crippen LogP contribution is -2.26. The van der Waals surface area contributed by atoms with E-state index in [4.69, 9.17) is 9.47 Å². The first-order valence-electron chi connectivity index (χ1n) is 3.95. The molecular formula is C7H14O5S. The molecule has 0 radical (unpaired) electrons. The highest BCUT2D eigenvalue weighted by molar-refractivity contribution is 7.86. The van der Waals surface area contributed by atoms with Crippen molar-refractivity contribution in [3.8, 4) is 0 Å². The molecule has 1 atom stereocenters. The van der Waals surface area contributed by atoms with Crippen molar-refractivity contribution in [3.05, 3.63) is 0 Å². The highest BCUT2D eigenvalue weighted by atomic mass is 32.2. The Bertz CT molecular complexity index is 269. The SMILES string of the molecule is COS(=O)(=O)C[C@H]1COC(C)(C)O1. The van der Waals surface area contributed by atoms with Gasteiger partial charge in [0.05, 0.1) is 13.7 Å². The molecule has 1 saturated heterocycles. The van der Waals surface area contributed by atoms with E-state index in [2.05, 4.69) is 4.18 Å².